The second kappa shape index (κ2) is 7.80. The molecule has 0 spiro atoms. The summed E-state index contributed by atoms with van der Waals surface area (Å²) in [6.07, 6.45) is 1.39. The normalized spacial score (nSPS) is 14.2. The molecule has 2 aromatic carbocycles. The molecule has 0 amide bonds. The van der Waals surface area contributed by atoms with Gasteiger partial charge in [-0.25, -0.2) is 18.7 Å². The van der Waals surface area contributed by atoms with Gasteiger partial charge in [-0.3, -0.25) is 0 Å². The molecule has 2 heterocycles. The lowest BCUT2D eigenvalue weighted by Crippen LogP contribution is -2.46. The highest BCUT2D eigenvalue weighted by Crippen LogP contribution is 2.26. The second-order valence-corrected chi connectivity index (χ2v) is 6.70. The second-order valence-electron chi connectivity index (χ2n) is 6.70. The Morgan fingerprint density at radius 2 is 1.57 bits per heavy atom. The zero-order valence-electron chi connectivity index (χ0n) is 15.5. The number of hydrogen-bond acceptors (Lipinski definition) is 5. The molecule has 28 heavy (non-hydrogen) atoms. The van der Waals surface area contributed by atoms with Crippen molar-refractivity contribution in [1.82, 2.24) is 9.97 Å². The van der Waals surface area contributed by atoms with E-state index < -0.39 is 11.6 Å². The zero-order chi connectivity index (χ0) is 19.5. The quantitative estimate of drug-likeness (QED) is 0.677. The van der Waals surface area contributed by atoms with Crippen LogP contribution in [0.4, 0.5) is 20.3 Å². The van der Waals surface area contributed by atoms with Crippen LogP contribution in [-0.4, -0.2) is 36.1 Å². The minimum atomic E-state index is -0.771. The van der Waals surface area contributed by atoms with Gasteiger partial charge in [-0.1, -0.05) is 17.7 Å². The monoisotopic (exact) mass is 382 g/mol. The first kappa shape index (κ1) is 18.2. The van der Waals surface area contributed by atoms with Crippen LogP contribution < -0.4 is 14.5 Å². The van der Waals surface area contributed by atoms with E-state index in [1.165, 1.54) is 23.6 Å². The summed E-state index contributed by atoms with van der Waals surface area (Å²) in [5.74, 6) is -0.561. The Kier molecular flexibility index (Phi) is 5.06. The van der Waals surface area contributed by atoms with Gasteiger partial charge in [0.2, 0.25) is 5.88 Å². The first-order chi connectivity index (χ1) is 13.6. The summed E-state index contributed by atoms with van der Waals surface area (Å²) in [5, 5.41) is 0. The minimum Gasteiger partial charge on any atom is -0.436 e. The summed E-state index contributed by atoms with van der Waals surface area (Å²) < 4.78 is 32.3. The van der Waals surface area contributed by atoms with E-state index in [1.807, 2.05) is 0 Å². The van der Waals surface area contributed by atoms with E-state index >= 15 is 0 Å². The smallest absolute Gasteiger partial charge is 0.224 e. The first-order valence-electron chi connectivity index (χ1n) is 9.10. The molecule has 7 heteroatoms. The molecule has 0 N–H and O–H groups in total. The van der Waals surface area contributed by atoms with Crippen molar-refractivity contribution in [2.75, 3.05) is 36.0 Å². The van der Waals surface area contributed by atoms with Crippen LogP contribution in [-0.2, 0) is 0 Å². The molecule has 0 aliphatic carbocycles. The van der Waals surface area contributed by atoms with E-state index in [1.54, 1.807) is 6.07 Å². The van der Waals surface area contributed by atoms with Crippen molar-refractivity contribution in [2.45, 2.75) is 6.92 Å². The number of piperazine rings is 1. The standard InChI is InChI=1S/C21H20F2N4O/c1-15-2-5-17(6-3-15)26-8-10-27(11-9-26)20-13-21(25-14-24-20)28-19-7-4-16(22)12-18(19)23/h2-7,12-14H,8-11H2,1H3. The van der Waals surface area contributed by atoms with Crippen LogP contribution in [0.15, 0.2) is 54.9 Å². The predicted octanol–water partition coefficient (Wildman–Crippen LogP) is 4.18. The van der Waals surface area contributed by atoms with Gasteiger partial charge >= 0.3 is 0 Å². The van der Waals surface area contributed by atoms with Gasteiger partial charge in [-0.05, 0) is 31.2 Å². The largest absolute Gasteiger partial charge is 0.436 e. The highest BCUT2D eigenvalue weighted by atomic mass is 19.1. The highest BCUT2D eigenvalue weighted by Gasteiger charge is 2.19. The molecule has 1 aliphatic rings. The van der Waals surface area contributed by atoms with Gasteiger partial charge in [0.25, 0.3) is 0 Å². The van der Waals surface area contributed by atoms with E-state index in [0.717, 1.165) is 44.1 Å². The molecule has 1 aliphatic heterocycles. The van der Waals surface area contributed by atoms with Crippen LogP contribution in [0.2, 0.25) is 0 Å². The Bertz CT molecular complexity index is 957. The molecule has 0 saturated carbocycles. The average molecular weight is 382 g/mol. The van der Waals surface area contributed by atoms with Gasteiger partial charge in [0, 0.05) is 44.0 Å². The molecular weight excluding hydrogens is 362 g/mol. The van der Waals surface area contributed by atoms with Crippen LogP contribution in [0.3, 0.4) is 0 Å². The first-order valence-corrected chi connectivity index (χ1v) is 9.10. The minimum absolute atomic E-state index is 0.0739. The molecule has 0 bridgehead atoms. The maximum absolute atomic E-state index is 13.8. The summed E-state index contributed by atoms with van der Waals surface area (Å²) in [6.45, 7) is 5.42. The topological polar surface area (TPSA) is 41.5 Å². The lowest BCUT2D eigenvalue weighted by Gasteiger charge is -2.36. The fraction of sp³-hybridized carbons (Fsp3) is 0.238. The highest BCUT2D eigenvalue weighted by molar-refractivity contribution is 5.50. The summed E-state index contributed by atoms with van der Waals surface area (Å²) >= 11 is 0. The van der Waals surface area contributed by atoms with Crippen molar-refractivity contribution in [2.24, 2.45) is 0 Å². The molecule has 1 saturated heterocycles. The van der Waals surface area contributed by atoms with E-state index in [4.69, 9.17) is 4.74 Å². The Hall–Kier alpha value is -3.22. The van der Waals surface area contributed by atoms with Crippen molar-refractivity contribution in [3.05, 3.63) is 72.1 Å². The summed E-state index contributed by atoms with van der Waals surface area (Å²) in [5.41, 5.74) is 2.46. The van der Waals surface area contributed by atoms with Crippen molar-refractivity contribution in [1.29, 1.82) is 0 Å². The number of anilines is 2. The molecule has 1 fully saturated rings. The number of halogens is 2. The number of aryl methyl sites for hydroxylation is 1. The molecule has 0 radical (unpaired) electrons. The number of rotatable bonds is 4. The van der Waals surface area contributed by atoms with E-state index in [-0.39, 0.29) is 11.6 Å². The Morgan fingerprint density at radius 1 is 0.857 bits per heavy atom. The van der Waals surface area contributed by atoms with E-state index in [0.29, 0.717) is 0 Å². The molecule has 4 rings (SSSR count). The third-order valence-corrected chi connectivity index (χ3v) is 4.74. The van der Waals surface area contributed by atoms with Crippen LogP contribution in [0.1, 0.15) is 5.56 Å². The van der Waals surface area contributed by atoms with Gasteiger partial charge in [-0.2, -0.15) is 0 Å². The number of benzene rings is 2. The van der Waals surface area contributed by atoms with Gasteiger partial charge in [-0.15, -0.1) is 0 Å². The van der Waals surface area contributed by atoms with Gasteiger partial charge in [0.05, 0.1) is 0 Å². The van der Waals surface area contributed by atoms with E-state index in [2.05, 4.69) is 51.0 Å². The zero-order valence-corrected chi connectivity index (χ0v) is 15.5. The third-order valence-electron chi connectivity index (χ3n) is 4.74. The number of nitrogens with zero attached hydrogens (tertiary/aromatic N) is 4. The molecule has 0 unspecified atom stereocenters. The maximum atomic E-state index is 13.8. The van der Waals surface area contributed by atoms with Crippen LogP contribution in [0.5, 0.6) is 11.6 Å². The van der Waals surface area contributed by atoms with Gasteiger partial charge in [0.1, 0.15) is 18.0 Å². The lowest BCUT2D eigenvalue weighted by molar-refractivity contribution is 0.422. The van der Waals surface area contributed by atoms with Gasteiger partial charge < -0.3 is 14.5 Å². The summed E-state index contributed by atoms with van der Waals surface area (Å²) in [6, 6.07) is 13.3. The van der Waals surface area contributed by atoms with Crippen molar-refractivity contribution < 1.29 is 13.5 Å². The SMILES string of the molecule is Cc1ccc(N2CCN(c3cc(Oc4ccc(F)cc4F)ncn3)CC2)cc1. The summed E-state index contributed by atoms with van der Waals surface area (Å²) in [4.78, 5) is 12.8. The van der Waals surface area contributed by atoms with E-state index in [9.17, 15) is 8.78 Å². The molecule has 3 aromatic rings. The molecule has 0 atom stereocenters. The fourth-order valence-corrected chi connectivity index (χ4v) is 3.18. The molecule has 144 valence electrons. The predicted molar refractivity (Wildman–Crippen MR) is 104 cm³/mol. The van der Waals surface area contributed by atoms with Gasteiger partial charge in [0.15, 0.2) is 11.6 Å². The maximum Gasteiger partial charge on any atom is 0.224 e. The average Bonchev–Trinajstić information content (AvgIpc) is 2.71. The van der Waals surface area contributed by atoms with Crippen molar-refractivity contribution in [3.8, 4) is 11.6 Å². The Balaban J connectivity index is 1.43. The number of aromatic nitrogens is 2. The van der Waals surface area contributed by atoms with Crippen molar-refractivity contribution in [3.63, 3.8) is 0 Å². The number of ether oxygens (including phenoxy) is 1. The van der Waals surface area contributed by atoms with Crippen LogP contribution in [0.25, 0.3) is 0 Å². The van der Waals surface area contributed by atoms with Crippen molar-refractivity contribution >= 4 is 11.5 Å². The molecular formula is C21H20F2N4O. The fourth-order valence-electron chi connectivity index (χ4n) is 3.18. The van der Waals surface area contributed by atoms with Crippen LogP contribution in [0, 0.1) is 18.6 Å². The third kappa shape index (κ3) is 4.03. The lowest BCUT2D eigenvalue weighted by atomic mass is 10.2. The molecule has 1 aromatic heterocycles. The van der Waals surface area contributed by atoms with Crippen LogP contribution >= 0.6 is 0 Å². The Labute approximate surface area is 162 Å². The number of hydrogen-bond donors (Lipinski definition) is 0. The molecule has 5 nitrogen and oxygen atoms in total. The summed E-state index contributed by atoms with van der Waals surface area (Å²) in [7, 11) is 0. The Morgan fingerprint density at radius 3 is 2.29 bits per heavy atom.